The largest absolute Gasteiger partial charge is 0.493 e. The van der Waals surface area contributed by atoms with Crippen LogP contribution in [0.5, 0.6) is 5.75 Å². The summed E-state index contributed by atoms with van der Waals surface area (Å²) in [6.07, 6.45) is 0.815. The number of hydrogen-bond donors (Lipinski definition) is 1. The molecular weight excluding hydrogens is 274 g/mol. The van der Waals surface area contributed by atoms with Gasteiger partial charge in [0, 0.05) is 12.1 Å². The molecule has 0 radical (unpaired) electrons. The predicted molar refractivity (Wildman–Crippen MR) is 77.6 cm³/mol. The summed E-state index contributed by atoms with van der Waals surface area (Å²) >= 11 is 0. The highest BCUT2D eigenvalue weighted by molar-refractivity contribution is 7.92. The molecular formula is C15H15NO3S. The van der Waals surface area contributed by atoms with Crippen LogP contribution in [0.1, 0.15) is 11.1 Å². The Hall–Kier alpha value is -2.01. The Morgan fingerprint density at radius 3 is 2.80 bits per heavy atom. The molecule has 104 valence electrons. The molecule has 0 aliphatic carbocycles. The zero-order valence-corrected chi connectivity index (χ0v) is 11.9. The van der Waals surface area contributed by atoms with Gasteiger partial charge >= 0.3 is 0 Å². The van der Waals surface area contributed by atoms with Crippen molar-refractivity contribution in [3.05, 3.63) is 53.6 Å². The van der Waals surface area contributed by atoms with Crippen LogP contribution in [0.25, 0.3) is 0 Å². The van der Waals surface area contributed by atoms with Crippen molar-refractivity contribution >= 4 is 15.7 Å². The molecule has 0 saturated heterocycles. The Morgan fingerprint density at radius 1 is 1.15 bits per heavy atom. The fourth-order valence-electron chi connectivity index (χ4n) is 2.25. The number of aryl methyl sites for hydroxylation is 1. The van der Waals surface area contributed by atoms with E-state index in [1.807, 2.05) is 19.1 Å². The lowest BCUT2D eigenvalue weighted by Gasteiger charge is -2.09. The van der Waals surface area contributed by atoms with E-state index in [9.17, 15) is 8.42 Å². The van der Waals surface area contributed by atoms with E-state index in [0.717, 1.165) is 23.3 Å². The van der Waals surface area contributed by atoms with Crippen LogP contribution in [0.3, 0.4) is 0 Å². The van der Waals surface area contributed by atoms with Crippen LogP contribution in [-0.4, -0.2) is 15.0 Å². The van der Waals surface area contributed by atoms with E-state index in [-0.39, 0.29) is 4.90 Å². The van der Waals surface area contributed by atoms with Crippen molar-refractivity contribution in [2.45, 2.75) is 18.2 Å². The maximum absolute atomic E-state index is 12.3. The van der Waals surface area contributed by atoms with Gasteiger partial charge in [-0.3, -0.25) is 4.72 Å². The molecule has 1 N–H and O–H groups in total. The molecule has 1 heterocycles. The second-order valence-electron chi connectivity index (χ2n) is 4.84. The van der Waals surface area contributed by atoms with Crippen molar-refractivity contribution in [2.75, 3.05) is 11.3 Å². The van der Waals surface area contributed by atoms with Gasteiger partial charge in [0.1, 0.15) is 5.75 Å². The second-order valence-corrected chi connectivity index (χ2v) is 6.53. The topological polar surface area (TPSA) is 55.4 Å². The molecule has 0 aromatic heterocycles. The van der Waals surface area contributed by atoms with Crippen molar-refractivity contribution < 1.29 is 13.2 Å². The molecule has 0 spiro atoms. The van der Waals surface area contributed by atoms with Crippen LogP contribution in [0, 0.1) is 6.92 Å². The van der Waals surface area contributed by atoms with Crippen LogP contribution in [0.4, 0.5) is 5.69 Å². The van der Waals surface area contributed by atoms with Gasteiger partial charge in [0.2, 0.25) is 0 Å². The normalized spacial score (nSPS) is 13.7. The molecule has 0 atom stereocenters. The minimum Gasteiger partial charge on any atom is -0.493 e. The first-order chi connectivity index (χ1) is 9.54. The van der Waals surface area contributed by atoms with Gasteiger partial charge in [-0.25, -0.2) is 8.42 Å². The summed E-state index contributed by atoms with van der Waals surface area (Å²) in [4.78, 5) is 0.272. The number of nitrogens with one attached hydrogen (secondary N) is 1. The molecule has 1 aliphatic rings. The van der Waals surface area contributed by atoms with E-state index in [2.05, 4.69) is 4.72 Å². The van der Waals surface area contributed by atoms with Gasteiger partial charge < -0.3 is 4.74 Å². The summed E-state index contributed by atoms with van der Waals surface area (Å²) in [5, 5.41) is 0. The van der Waals surface area contributed by atoms with Crippen molar-refractivity contribution in [1.82, 2.24) is 0 Å². The molecule has 4 nitrogen and oxygen atoms in total. The summed E-state index contributed by atoms with van der Waals surface area (Å²) in [5.41, 5.74) is 2.51. The molecule has 3 rings (SSSR count). The highest BCUT2D eigenvalue weighted by Crippen LogP contribution is 2.28. The van der Waals surface area contributed by atoms with E-state index in [0.29, 0.717) is 12.3 Å². The fraction of sp³-hybridized carbons (Fsp3) is 0.200. The standard InChI is InChI=1S/C15H15NO3S/c1-11-3-2-4-14(9-11)20(17,18)16-13-5-6-15-12(10-13)7-8-19-15/h2-6,9-10,16H,7-8H2,1H3. The van der Waals surface area contributed by atoms with E-state index in [1.54, 1.807) is 30.3 Å². The zero-order chi connectivity index (χ0) is 14.2. The van der Waals surface area contributed by atoms with Gasteiger partial charge in [-0.05, 0) is 48.4 Å². The Kier molecular flexibility index (Phi) is 3.14. The van der Waals surface area contributed by atoms with E-state index < -0.39 is 10.0 Å². The molecule has 0 unspecified atom stereocenters. The van der Waals surface area contributed by atoms with Gasteiger partial charge in [0.25, 0.3) is 10.0 Å². The molecule has 2 aromatic carbocycles. The number of rotatable bonds is 3. The lowest BCUT2D eigenvalue weighted by molar-refractivity contribution is 0.357. The molecule has 0 amide bonds. The molecule has 20 heavy (non-hydrogen) atoms. The minimum atomic E-state index is -3.54. The van der Waals surface area contributed by atoms with Crippen molar-refractivity contribution in [2.24, 2.45) is 0 Å². The second kappa shape index (κ2) is 4.83. The number of fused-ring (bicyclic) bond motifs is 1. The monoisotopic (exact) mass is 289 g/mol. The van der Waals surface area contributed by atoms with Gasteiger partial charge in [-0.2, -0.15) is 0 Å². The molecule has 1 aliphatic heterocycles. The van der Waals surface area contributed by atoms with Crippen molar-refractivity contribution in [1.29, 1.82) is 0 Å². The number of ether oxygens (including phenoxy) is 1. The number of hydrogen-bond acceptors (Lipinski definition) is 3. The van der Waals surface area contributed by atoms with Gasteiger partial charge in [-0.15, -0.1) is 0 Å². The van der Waals surface area contributed by atoms with Gasteiger partial charge in [0.15, 0.2) is 0 Å². The van der Waals surface area contributed by atoms with Crippen LogP contribution >= 0.6 is 0 Å². The summed E-state index contributed by atoms with van der Waals surface area (Å²) in [6, 6.07) is 12.2. The van der Waals surface area contributed by atoms with Crippen LogP contribution < -0.4 is 9.46 Å². The van der Waals surface area contributed by atoms with Crippen LogP contribution in [0.15, 0.2) is 47.4 Å². The maximum atomic E-state index is 12.3. The first-order valence-corrected chi connectivity index (χ1v) is 7.88. The third kappa shape index (κ3) is 2.49. The third-order valence-electron chi connectivity index (χ3n) is 3.24. The van der Waals surface area contributed by atoms with Crippen molar-refractivity contribution in [3.63, 3.8) is 0 Å². The van der Waals surface area contributed by atoms with Crippen molar-refractivity contribution in [3.8, 4) is 5.75 Å². The first kappa shape index (κ1) is 13.0. The first-order valence-electron chi connectivity index (χ1n) is 6.40. The van der Waals surface area contributed by atoms with Crippen LogP contribution in [0.2, 0.25) is 0 Å². The van der Waals surface area contributed by atoms with Gasteiger partial charge in [0.05, 0.1) is 11.5 Å². The number of anilines is 1. The SMILES string of the molecule is Cc1cccc(S(=O)(=O)Nc2ccc3c(c2)CCO3)c1. The smallest absolute Gasteiger partial charge is 0.261 e. The quantitative estimate of drug-likeness (QED) is 0.945. The Balaban J connectivity index is 1.90. The summed E-state index contributed by atoms with van der Waals surface area (Å²) in [7, 11) is -3.54. The highest BCUT2D eigenvalue weighted by Gasteiger charge is 2.17. The Bertz CT molecular complexity index is 753. The average molecular weight is 289 g/mol. The average Bonchev–Trinajstić information content (AvgIpc) is 2.85. The van der Waals surface area contributed by atoms with Gasteiger partial charge in [-0.1, -0.05) is 12.1 Å². The van der Waals surface area contributed by atoms with Crippen LogP contribution in [-0.2, 0) is 16.4 Å². The summed E-state index contributed by atoms with van der Waals surface area (Å²) in [5.74, 6) is 0.837. The summed E-state index contributed by atoms with van der Waals surface area (Å²) in [6.45, 7) is 2.52. The van der Waals surface area contributed by atoms with E-state index in [1.165, 1.54) is 0 Å². The molecule has 5 heteroatoms. The third-order valence-corrected chi connectivity index (χ3v) is 4.62. The lowest BCUT2D eigenvalue weighted by Crippen LogP contribution is -2.13. The molecule has 2 aromatic rings. The minimum absolute atomic E-state index is 0.272. The zero-order valence-electron chi connectivity index (χ0n) is 11.1. The lowest BCUT2D eigenvalue weighted by atomic mass is 10.1. The fourth-order valence-corrected chi connectivity index (χ4v) is 3.40. The Labute approximate surface area is 118 Å². The number of benzene rings is 2. The van der Waals surface area contributed by atoms with E-state index >= 15 is 0 Å². The molecule has 0 fully saturated rings. The Morgan fingerprint density at radius 2 is 2.00 bits per heavy atom. The highest BCUT2D eigenvalue weighted by atomic mass is 32.2. The molecule has 0 saturated carbocycles. The summed E-state index contributed by atoms with van der Waals surface area (Å²) < 4.78 is 32.6. The molecule has 0 bridgehead atoms. The number of sulfonamides is 1. The maximum Gasteiger partial charge on any atom is 0.261 e. The predicted octanol–water partition coefficient (Wildman–Crippen LogP) is 2.73. The van der Waals surface area contributed by atoms with E-state index in [4.69, 9.17) is 4.74 Å².